The van der Waals surface area contributed by atoms with Crippen LogP contribution in [0.1, 0.15) is 29.6 Å². The molecule has 1 aliphatic heterocycles. The molecular formula is C18H17FN4O. The van der Waals surface area contributed by atoms with E-state index in [4.69, 9.17) is 4.74 Å². The van der Waals surface area contributed by atoms with Crippen molar-refractivity contribution in [3.8, 4) is 5.75 Å². The number of nitrogens with zero attached hydrogens (tertiary/aromatic N) is 3. The fraction of sp³-hybridized carbons (Fsp3) is 0.222. The molecular weight excluding hydrogens is 307 g/mol. The number of hydrogen-bond acceptors (Lipinski definition) is 4. The van der Waals surface area contributed by atoms with Crippen LogP contribution in [0.4, 0.5) is 10.3 Å². The summed E-state index contributed by atoms with van der Waals surface area (Å²) in [6.45, 7) is 0. The molecule has 0 saturated carbocycles. The van der Waals surface area contributed by atoms with E-state index in [0.717, 1.165) is 29.2 Å². The second-order valence-corrected chi connectivity index (χ2v) is 5.80. The zero-order valence-electron chi connectivity index (χ0n) is 13.2. The van der Waals surface area contributed by atoms with Crippen molar-refractivity contribution in [2.24, 2.45) is 0 Å². The average Bonchev–Trinajstić information content (AvgIpc) is 3.10. The van der Waals surface area contributed by atoms with Gasteiger partial charge in [-0.2, -0.15) is 10.1 Å². The Kier molecular flexibility index (Phi) is 3.65. The van der Waals surface area contributed by atoms with E-state index in [0.29, 0.717) is 0 Å². The summed E-state index contributed by atoms with van der Waals surface area (Å²) in [5, 5.41) is 7.74. The third kappa shape index (κ3) is 2.60. The van der Waals surface area contributed by atoms with Gasteiger partial charge < -0.3 is 10.1 Å². The number of methoxy groups -OCH3 is 1. The van der Waals surface area contributed by atoms with Crippen LogP contribution >= 0.6 is 0 Å². The Morgan fingerprint density at radius 1 is 1.08 bits per heavy atom. The quantitative estimate of drug-likeness (QED) is 0.800. The van der Waals surface area contributed by atoms with Crippen LogP contribution in [-0.2, 0) is 0 Å². The number of benzene rings is 2. The van der Waals surface area contributed by atoms with Gasteiger partial charge in [-0.15, -0.1) is 0 Å². The molecule has 0 fully saturated rings. The number of aromatic nitrogens is 3. The minimum absolute atomic E-state index is 0.0106. The predicted molar refractivity (Wildman–Crippen MR) is 88.5 cm³/mol. The fourth-order valence-electron chi connectivity index (χ4n) is 3.14. The van der Waals surface area contributed by atoms with Gasteiger partial charge in [0.2, 0.25) is 5.95 Å². The largest absolute Gasteiger partial charge is 0.497 e. The van der Waals surface area contributed by atoms with Crippen LogP contribution in [0.3, 0.4) is 0 Å². The lowest BCUT2D eigenvalue weighted by Gasteiger charge is -2.31. The van der Waals surface area contributed by atoms with Crippen molar-refractivity contribution < 1.29 is 9.13 Å². The van der Waals surface area contributed by atoms with Crippen molar-refractivity contribution in [1.29, 1.82) is 0 Å². The molecule has 1 aromatic heterocycles. The molecule has 2 atom stereocenters. The van der Waals surface area contributed by atoms with Crippen LogP contribution in [-0.4, -0.2) is 21.9 Å². The predicted octanol–water partition coefficient (Wildman–Crippen LogP) is 3.57. The van der Waals surface area contributed by atoms with Crippen LogP contribution in [0.5, 0.6) is 5.75 Å². The highest BCUT2D eigenvalue weighted by Gasteiger charge is 2.29. The first-order valence-electron chi connectivity index (χ1n) is 7.80. The van der Waals surface area contributed by atoms with Crippen molar-refractivity contribution >= 4 is 5.95 Å². The van der Waals surface area contributed by atoms with Crippen LogP contribution in [0.15, 0.2) is 54.9 Å². The maximum absolute atomic E-state index is 13.2. The summed E-state index contributed by atoms with van der Waals surface area (Å²) in [6, 6.07) is 14.7. The molecule has 0 saturated heterocycles. The first-order chi connectivity index (χ1) is 11.7. The first-order valence-corrected chi connectivity index (χ1v) is 7.80. The molecule has 24 heavy (non-hydrogen) atoms. The molecule has 0 spiro atoms. The summed E-state index contributed by atoms with van der Waals surface area (Å²) in [5.74, 6) is 1.31. The third-order valence-corrected chi connectivity index (χ3v) is 4.40. The fourth-order valence-corrected chi connectivity index (χ4v) is 3.14. The molecule has 5 nitrogen and oxygen atoms in total. The molecule has 6 heteroatoms. The van der Waals surface area contributed by atoms with Crippen LogP contribution in [0, 0.1) is 5.82 Å². The highest BCUT2D eigenvalue weighted by atomic mass is 19.1. The van der Waals surface area contributed by atoms with Gasteiger partial charge in [0.1, 0.15) is 17.9 Å². The number of anilines is 1. The van der Waals surface area contributed by atoms with Gasteiger partial charge in [0.15, 0.2) is 0 Å². The van der Waals surface area contributed by atoms with E-state index in [1.54, 1.807) is 7.11 Å². The van der Waals surface area contributed by atoms with Gasteiger partial charge in [-0.1, -0.05) is 24.3 Å². The summed E-state index contributed by atoms with van der Waals surface area (Å²) >= 11 is 0. The topological polar surface area (TPSA) is 52.0 Å². The lowest BCUT2D eigenvalue weighted by atomic mass is 9.93. The standard InChI is InChI=1S/C18H17FN4O/c1-24-15-8-4-12(5-9-15)16-10-17(13-2-6-14(19)7-3-13)23-18(22-16)20-11-21-23/h2-9,11,16-17H,10H2,1H3,(H,20,21,22)/t16-,17-/m0/s1. The Labute approximate surface area is 139 Å². The van der Waals surface area contributed by atoms with Gasteiger partial charge in [0, 0.05) is 0 Å². The Morgan fingerprint density at radius 2 is 1.79 bits per heavy atom. The van der Waals surface area contributed by atoms with E-state index in [1.807, 2.05) is 41.1 Å². The van der Waals surface area contributed by atoms with E-state index in [9.17, 15) is 4.39 Å². The molecule has 122 valence electrons. The lowest BCUT2D eigenvalue weighted by molar-refractivity contribution is 0.413. The highest BCUT2D eigenvalue weighted by molar-refractivity contribution is 5.39. The van der Waals surface area contributed by atoms with E-state index >= 15 is 0 Å². The zero-order chi connectivity index (χ0) is 16.5. The normalized spacial score (nSPS) is 19.4. The minimum atomic E-state index is -0.238. The Balaban J connectivity index is 1.68. The maximum Gasteiger partial charge on any atom is 0.222 e. The number of nitrogens with one attached hydrogen (secondary N) is 1. The summed E-state index contributed by atoms with van der Waals surface area (Å²) in [4.78, 5) is 4.30. The number of fused-ring (bicyclic) bond motifs is 1. The van der Waals surface area contributed by atoms with Crippen LogP contribution in [0.2, 0.25) is 0 Å². The molecule has 1 aliphatic rings. The first kappa shape index (κ1) is 14.7. The second-order valence-electron chi connectivity index (χ2n) is 5.80. The summed E-state index contributed by atoms with van der Waals surface area (Å²) in [7, 11) is 1.65. The molecule has 2 aromatic carbocycles. The zero-order valence-corrected chi connectivity index (χ0v) is 13.2. The summed E-state index contributed by atoms with van der Waals surface area (Å²) in [6.07, 6.45) is 2.34. The number of ether oxygens (including phenoxy) is 1. The number of hydrogen-bond donors (Lipinski definition) is 1. The van der Waals surface area contributed by atoms with Crippen molar-refractivity contribution in [3.63, 3.8) is 0 Å². The van der Waals surface area contributed by atoms with E-state index in [1.165, 1.54) is 18.5 Å². The average molecular weight is 324 g/mol. The van der Waals surface area contributed by atoms with E-state index < -0.39 is 0 Å². The highest BCUT2D eigenvalue weighted by Crippen LogP contribution is 2.37. The van der Waals surface area contributed by atoms with Crippen molar-refractivity contribution in [2.75, 3.05) is 12.4 Å². The summed E-state index contributed by atoms with van der Waals surface area (Å²) in [5.41, 5.74) is 2.17. The molecule has 0 amide bonds. The Bertz CT molecular complexity index is 829. The molecule has 0 bridgehead atoms. The molecule has 0 aliphatic carbocycles. The van der Waals surface area contributed by atoms with E-state index in [-0.39, 0.29) is 17.9 Å². The van der Waals surface area contributed by atoms with Crippen molar-refractivity contribution in [1.82, 2.24) is 14.8 Å². The molecule has 2 heterocycles. The Morgan fingerprint density at radius 3 is 2.50 bits per heavy atom. The number of rotatable bonds is 3. The minimum Gasteiger partial charge on any atom is -0.497 e. The van der Waals surface area contributed by atoms with Gasteiger partial charge in [0.25, 0.3) is 0 Å². The van der Waals surface area contributed by atoms with Gasteiger partial charge in [-0.25, -0.2) is 9.07 Å². The molecule has 1 N–H and O–H groups in total. The van der Waals surface area contributed by atoms with Crippen molar-refractivity contribution in [2.45, 2.75) is 18.5 Å². The Hall–Kier alpha value is -2.89. The molecule has 3 aromatic rings. The van der Waals surface area contributed by atoms with Crippen molar-refractivity contribution in [3.05, 3.63) is 71.8 Å². The van der Waals surface area contributed by atoms with Crippen LogP contribution < -0.4 is 10.1 Å². The number of halogens is 1. The monoisotopic (exact) mass is 324 g/mol. The van der Waals surface area contributed by atoms with Crippen LogP contribution in [0.25, 0.3) is 0 Å². The smallest absolute Gasteiger partial charge is 0.222 e. The van der Waals surface area contributed by atoms with E-state index in [2.05, 4.69) is 15.4 Å². The van der Waals surface area contributed by atoms with Gasteiger partial charge in [0.05, 0.1) is 19.2 Å². The molecule has 4 rings (SSSR count). The summed E-state index contributed by atoms with van der Waals surface area (Å²) < 4.78 is 20.3. The SMILES string of the molecule is COc1ccc([C@@H]2C[C@@H](c3ccc(F)cc3)n3ncnc3N2)cc1. The third-order valence-electron chi connectivity index (χ3n) is 4.40. The lowest BCUT2D eigenvalue weighted by Crippen LogP contribution is -2.28. The van der Waals surface area contributed by atoms with Gasteiger partial charge in [-0.3, -0.25) is 0 Å². The van der Waals surface area contributed by atoms with Gasteiger partial charge >= 0.3 is 0 Å². The van der Waals surface area contributed by atoms with Gasteiger partial charge in [-0.05, 0) is 41.8 Å². The maximum atomic E-state index is 13.2. The second kappa shape index (κ2) is 5.96. The molecule has 0 unspecified atom stereocenters. The molecule has 0 radical (unpaired) electrons.